The third-order valence-corrected chi connectivity index (χ3v) is 3.73. The molecule has 0 bridgehead atoms. The van der Waals surface area contributed by atoms with Crippen LogP contribution in [0.15, 0.2) is 46.9 Å². The van der Waals surface area contributed by atoms with Gasteiger partial charge in [0.15, 0.2) is 0 Å². The molecule has 0 fully saturated rings. The Morgan fingerprint density at radius 2 is 1.84 bits per heavy atom. The summed E-state index contributed by atoms with van der Waals surface area (Å²) in [5, 5.41) is 4.27. The first-order valence-electron chi connectivity index (χ1n) is 6.50. The Kier molecular flexibility index (Phi) is 5.29. The minimum atomic E-state index is 0.765. The highest BCUT2D eigenvalue weighted by molar-refractivity contribution is 9.10. The van der Waals surface area contributed by atoms with Crippen molar-refractivity contribution in [1.29, 1.82) is 0 Å². The number of benzene rings is 2. The van der Waals surface area contributed by atoms with Crippen LogP contribution in [0.5, 0.6) is 0 Å². The summed E-state index contributed by atoms with van der Waals surface area (Å²) in [7, 11) is 0. The first kappa shape index (κ1) is 14.4. The molecule has 19 heavy (non-hydrogen) atoms. The molecule has 1 nitrogen and oxygen atoms in total. The van der Waals surface area contributed by atoms with Crippen LogP contribution in [0.3, 0.4) is 0 Å². The zero-order valence-electron chi connectivity index (χ0n) is 10.9. The van der Waals surface area contributed by atoms with Crippen LogP contribution < -0.4 is 5.32 Å². The van der Waals surface area contributed by atoms with Crippen LogP contribution in [0.25, 0.3) is 11.1 Å². The zero-order valence-corrected chi connectivity index (χ0v) is 13.3. The summed E-state index contributed by atoms with van der Waals surface area (Å²) in [6, 6.07) is 14.3. The molecule has 0 amide bonds. The first-order valence-corrected chi connectivity index (χ1v) is 7.67. The molecule has 2 rings (SSSR count). The Bertz CT molecular complexity index is 537. The fourth-order valence-electron chi connectivity index (χ4n) is 1.94. The number of anilines is 1. The van der Waals surface area contributed by atoms with Gasteiger partial charge in [0.2, 0.25) is 0 Å². The number of unbranched alkanes of at least 4 members (excludes halogenated alkanes) is 1. The molecule has 0 aliphatic carbocycles. The van der Waals surface area contributed by atoms with Crippen LogP contribution in [0.1, 0.15) is 19.8 Å². The largest absolute Gasteiger partial charge is 0.385 e. The van der Waals surface area contributed by atoms with Crippen molar-refractivity contribution in [1.82, 2.24) is 0 Å². The third-order valence-electron chi connectivity index (χ3n) is 2.98. The van der Waals surface area contributed by atoms with Gasteiger partial charge >= 0.3 is 0 Å². The van der Waals surface area contributed by atoms with E-state index in [1.807, 2.05) is 12.1 Å². The van der Waals surface area contributed by atoms with Gasteiger partial charge < -0.3 is 5.32 Å². The minimum Gasteiger partial charge on any atom is -0.385 e. The van der Waals surface area contributed by atoms with E-state index in [1.165, 1.54) is 24.0 Å². The van der Waals surface area contributed by atoms with E-state index >= 15 is 0 Å². The molecule has 0 aromatic heterocycles. The molecule has 0 spiro atoms. The van der Waals surface area contributed by atoms with Crippen molar-refractivity contribution in [2.75, 3.05) is 11.9 Å². The average Bonchev–Trinajstić information content (AvgIpc) is 2.41. The molecule has 100 valence electrons. The Balaban J connectivity index is 2.30. The van der Waals surface area contributed by atoms with Gasteiger partial charge in [-0.05, 0) is 36.2 Å². The molecule has 0 radical (unpaired) electrons. The minimum absolute atomic E-state index is 0.765. The predicted molar refractivity (Wildman–Crippen MR) is 88.0 cm³/mol. The first-order chi connectivity index (χ1) is 9.20. The van der Waals surface area contributed by atoms with Gasteiger partial charge in [-0.3, -0.25) is 0 Å². The van der Waals surface area contributed by atoms with E-state index in [2.05, 4.69) is 58.5 Å². The second-order valence-electron chi connectivity index (χ2n) is 4.48. The van der Waals surface area contributed by atoms with Gasteiger partial charge in [0, 0.05) is 27.3 Å². The Hall–Kier alpha value is -0.990. The second kappa shape index (κ2) is 6.97. The average molecular weight is 339 g/mol. The van der Waals surface area contributed by atoms with E-state index in [1.54, 1.807) is 0 Å². The molecule has 1 N–H and O–H groups in total. The lowest BCUT2D eigenvalue weighted by Crippen LogP contribution is -2.02. The molecule has 2 aromatic carbocycles. The molecule has 0 saturated carbocycles. The summed E-state index contributed by atoms with van der Waals surface area (Å²) in [4.78, 5) is 0. The highest BCUT2D eigenvalue weighted by atomic mass is 79.9. The standard InChI is InChI=1S/C16H17BrClN/c1-2-3-10-19-16-11-13(17)6-9-15(16)12-4-7-14(18)8-5-12/h4-9,11,19H,2-3,10H2,1H3. The van der Waals surface area contributed by atoms with Crippen molar-refractivity contribution in [3.63, 3.8) is 0 Å². The molecule has 3 heteroatoms. The van der Waals surface area contributed by atoms with Crippen LogP contribution in [-0.4, -0.2) is 6.54 Å². The maximum Gasteiger partial charge on any atom is 0.0431 e. The molecular formula is C16H17BrClN. The number of halogens is 2. The van der Waals surface area contributed by atoms with Crippen molar-refractivity contribution >= 4 is 33.2 Å². The number of rotatable bonds is 5. The van der Waals surface area contributed by atoms with Gasteiger partial charge in [-0.25, -0.2) is 0 Å². The topological polar surface area (TPSA) is 12.0 Å². The van der Waals surface area contributed by atoms with Gasteiger partial charge in [0.1, 0.15) is 0 Å². The number of hydrogen-bond acceptors (Lipinski definition) is 1. The summed E-state index contributed by atoms with van der Waals surface area (Å²) < 4.78 is 1.09. The Morgan fingerprint density at radius 1 is 1.11 bits per heavy atom. The smallest absolute Gasteiger partial charge is 0.0431 e. The van der Waals surface area contributed by atoms with E-state index in [4.69, 9.17) is 11.6 Å². The molecule has 2 aromatic rings. The summed E-state index contributed by atoms with van der Waals surface area (Å²) in [6.07, 6.45) is 2.36. The molecule has 0 atom stereocenters. The van der Waals surface area contributed by atoms with Crippen LogP contribution in [0, 0.1) is 0 Å². The summed E-state index contributed by atoms with van der Waals surface area (Å²) >= 11 is 9.47. The summed E-state index contributed by atoms with van der Waals surface area (Å²) in [5.74, 6) is 0. The molecule has 0 unspecified atom stereocenters. The Morgan fingerprint density at radius 3 is 2.53 bits per heavy atom. The molecule has 0 aliphatic heterocycles. The zero-order chi connectivity index (χ0) is 13.7. The van der Waals surface area contributed by atoms with Crippen molar-refractivity contribution < 1.29 is 0 Å². The molecular weight excluding hydrogens is 322 g/mol. The predicted octanol–water partition coefficient (Wildman–Crippen LogP) is 5.98. The van der Waals surface area contributed by atoms with Crippen LogP contribution in [-0.2, 0) is 0 Å². The van der Waals surface area contributed by atoms with Gasteiger partial charge in [0.05, 0.1) is 0 Å². The summed E-state index contributed by atoms with van der Waals surface area (Å²) in [5.41, 5.74) is 3.54. The van der Waals surface area contributed by atoms with E-state index in [0.717, 1.165) is 21.7 Å². The van der Waals surface area contributed by atoms with Crippen LogP contribution in [0.4, 0.5) is 5.69 Å². The number of hydrogen-bond donors (Lipinski definition) is 1. The fraction of sp³-hybridized carbons (Fsp3) is 0.250. The van der Waals surface area contributed by atoms with E-state index in [0.29, 0.717) is 0 Å². The van der Waals surface area contributed by atoms with Crippen molar-refractivity contribution in [3.05, 3.63) is 52.0 Å². The van der Waals surface area contributed by atoms with Crippen molar-refractivity contribution in [2.45, 2.75) is 19.8 Å². The second-order valence-corrected chi connectivity index (χ2v) is 5.83. The lowest BCUT2D eigenvalue weighted by Gasteiger charge is -2.13. The van der Waals surface area contributed by atoms with Gasteiger partial charge in [-0.15, -0.1) is 0 Å². The van der Waals surface area contributed by atoms with E-state index in [-0.39, 0.29) is 0 Å². The van der Waals surface area contributed by atoms with Gasteiger partial charge in [-0.1, -0.05) is 59.1 Å². The maximum atomic E-state index is 5.94. The summed E-state index contributed by atoms with van der Waals surface area (Å²) in [6.45, 7) is 3.19. The van der Waals surface area contributed by atoms with Crippen molar-refractivity contribution in [3.8, 4) is 11.1 Å². The highest BCUT2D eigenvalue weighted by Gasteiger charge is 2.05. The lowest BCUT2D eigenvalue weighted by molar-refractivity contribution is 0.834. The van der Waals surface area contributed by atoms with Gasteiger partial charge in [0.25, 0.3) is 0 Å². The van der Waals surface area contributed by atoms with E-state index < -0.39 is 0 Å². The monoisotopic (exact) mass is 337 g/mol. The lowest BCUT2D eigenvalue weighted by atomic mass is 10.0. The van der Waals surface area contributed by atoms with Gasteiger partial charge in [-0.2, -0.15) is 0 Å². The fourth-order valence-corrected chi connectivity index (χ4v) is 2.43. The quantitative estimate of drug-likeness (QED) is 0.661. The highest BCUT2D eigenvalue weighted by Crippen LogP contribution is 2.31. The third kappa shape index (κ3) is 3.99. The normalized spacial score (nSPS) is 10.5. The Labute approximate surface area is 128 Å². The van der Waals surface area contributed by atoms with Crippen LogP contribution >= 0.6 is 27.5 Å². The SMILES string of the molecule is CCCCNc1cc(Br)ccc1-c1ccc(Cl)cc1. The number of nitrogens with one attached hydrogen (secondary N) is 1. The van der Waals surface area contributed by atoms with Crippen LogP contribution in [0.2, 0.25) is 5.02 Å². The van der Waals surface area contributed by atoms with E-state index in [9.17, 15) is 0 Å². The van der Waals surface area contributed by atoms with Crippen molar-refractivity contribution in [2.24, 2.45) is 0 Å². The maximum absolute atomic E-state index is 5.94. The molecule has 0 saturated heterocycles. The molecule has 0 aliphatic rings. The molecule has 0 heterocycles.